The Balaban J connectivity index is 1.86. The number of carbonyl (C=O) groups excluding carboxylic acids is 2. The SMILES string of the molecule is COc1cc(NC(=O)c2cccs2)c(C(=O)NCc2ccc(C)cc2)cc1OC. The van der Waals surface area contributed by atoms with Crippen LogP contribution in [-0.4, -0.2) is 26.0 Å². The molecule has 0 saturated heterocycles. The topological polar surface area (TPSA) is 76.7 Å². The number of nitrogens with one attached hydrogen (secondary N) is 2. The van der Waals surface area contributed by atoms with Gasteiger partial charge in [-0.2, -0.15) is 0 Å². The van der Waals surface area contributed by atoms with Crippen molar-refractivity contribution in [2.75, 3.05) is 19.5 Å². The average Bonchev–Trinajstić information content (AvgIpc) is 3.28. The molecular formula is C22H22N2O4S. The fraction of sp³-hybridized carbons (Fsp3) is 0.182. The lowest BCUT2D eigenvalue weighted by molar-refractivity contribution is 0.0951. The van der Waals surface area contributed by atoms with Crippen LogP contribution in [0.2, 0.25) is 0 Å². The molecule has 0 saturated carbocycles. The van der Waals surface area contributed by atoms with E-state index < -0.39 is 0 Å². The summed E-state index contributed by atoms with van der Waals surface area (Å²) in [6.45, 7) is 2.38. The van der Waals surface area contributed by atoms with Crippen molar-refractivity contribution in [3.05, 3.63) is 75.5 Å². The normalized spacial score (nSPS) is 10.3. The van der Waals surface area contributed by atoms with Crippen molar-refractivity contribution in [1.29, 1.82) is 0 Å². The van der Waals surface area contributed by atoms with Crippen LogP contribution in [0.15, 0.2) is 53.9 Å². The summed E-state index contributed by atoms with van der Waals surface area (Å²) in [4.78, 5) is 25.9. The van der Waals surface area contributed by atoms with Gasteiger partial charge in [0.2, 0.25) is 0 Å². The number of hydrogen-bond acceptors (Lipinski definition) is 5. The molecule has 3 aromatic rings. The van der Waals surface area contributed by atoms with Gasteiger partial charge in [-0.05, 0) is 30.0 Å². The monoisotopic (exact) mass is 410 g/mol. The molecule has 3 rings (SSSR count). The molecule has 0 aliphatic rings. The fourth-order valence-electron chi connectivity index (χ4n) is 2.75. The predicted molar refractivity (Wildman–Crippen MR) is 114 cm³/mol. The Morgan fingerprint density at radius 1 is 0.966 bits per heavy atom. The summed E-state index contributed by atoms with van der Waals surface area (Å²) in [5.74, 6) is 0.207. The van der Waals surface area contributed by atoms with Gasteiger partial charge in [-0.25, -0.2) is 0 Å². The van der Waals surface area contributed by atoms with Crippen molar-refractivity contribution in [3.63, 3.8) is 0 Å². The smallest absolute Gasteiger partial charge is 0.265 e. The highest BCUT2D eigenvalue weighted by Crippen LogP contribution is 2.33. The van der Waals surface area contributed by atoms with Crippen molar-refractivity contribution in [3.8, 4) is 11.5 Å². The van der Waals surface area contributed by atoms with Crippen LogP contribution in [0.3, 0.4) is 0 Å². The van der Waals surface area contributed by atoms with E-state index in [4.69, 9.17) is 9.47 Å². The van der Waals surface area contributed by atoms with Crippen molar-refractivity contribution >= 4 is 28.8 Å². The summed E-state index contributed by atoms with van der Waals surface area (Å²) in [6.07, 6.45) is 0. The minimum Gasteiger partial charge on any atom is -0.493 e. The molecule has 150 valence electrons. The molecule has 7 heteroatoms. The Hall–Kier alpha value is -3.32. The van der Waals surface area contributed by atoms with E-state index in [-0.39, 0.29) is 11.8 Å². The largest absolute Gasteiger partial charge is 0.493 e. The molecule has 0 atom stereocenters. The van der Waals surface area contributed by atoms with Crippen molar-refractivity contribution in [1.82, 2.24) is 5.32 Å². The van der Waals surface area contributed by atoms with Crippen LogP contribution in [0.4, 0.5) is 5.69 Å². The molecular weight excluding hydrogens is 388 g/mol. The first-order valence-corrected chi connectivity index (χ1v) is 9.84. The second-order valence-corrected chi connectivity index (χ2v) is 7.30. The maximum absolute atomic E-state index is 12.9. The van der Waals surface area contributed by atoms with Crippen molar-refractivity contribution < 1.29 is 19.1 Å². The Bertz CT molecular complexity index is 998. The summed E-state index contributed by atoms with van der Waals surface area (Å²) in [5.41, 5.74) is 2.77. The zero-order chi connectivity index (χ0) is 20.8. The van der Waals surface area contributed by atoms with Crippen molar-refractivity contribution in [2.24, 2.45) is 0 Å². The minimum atomic E-state index is -0.326. The standard InChI is InChI=1S/C22H22N2O4S/c1-14-6-8-15(9-7-14)13-23-21(25)16-11-18(27-2)19(28-3)12-17(16)24-22(26)20-5-4-10-29-20/h4-12H,13H2,1-3H3,(H,23,25)(H,24,26). The molecule has 0 aliphatic carbocycles. The predicted octanol–water partition coefficient (Wildman–Crippen LogP) is 4.26. The van der Waals surface area contributed by atoms with E-state index in [0.29, 0.717) is 34.2 Å². The van der Waals surface area contributed by atoms with Crippen LogP contribution < -0.4 is 20.1 Å². The Morgan fingerprint density at radius 3 is 2.28 bits per heavy atom. The average molecular weight is 410 g/mol. The highest BCUT2D eigenvalue weighted by atomic mass is 32.1. The van der Waals surface area contributed by atoms with Gasteiger partial charge in [0.15, 0.2) is 11.5 Å². The number of thiophene rings is 1. The summed E-state index contributed by atoms with van der Waals surface area (Å²) < 4.78 is 10.6. The van der Waals surface area contributed by atoms with E-state index in [0.717, 1.165) is 11.1 Å². The van der Waals surface area contributed by atoms with Gasteiger partial charge >= 0.3 is 0 Å². The summed E-state index contributed by atoms with van der Waals surface area (Å²) in [7, 11) is 3.00. The van der Waals surface area contributed by atoms with Gasteiger partial charge in [-0.1, -0.05) is 35.9 Å². The molecule has 6 nitrogen and oxygen atoms in total. The first-order chi connectivity index (χ1) is 14.0. The van der Waals surface area contributed by atoms with E-state index in [1.165, 1.54) is 25.6 Å². The zero-order valence-corrected chi connectivity index (χ0v) is 17.3. The van der Waals surface area contributed by atoms with Crippen molar-refractivity contribution in [2.45, 2.75) is 13.5 Å². The molecule has 1 heterocycles. The molecule has 0 radical (unpaired) electrons. The van der Waals surface area contributed by atoms with Crippen LogP contribution in [0.25, 0.3) is 0 Å². The van der Waals surface area contributed by atoms with E-state index in [1.54, 1.807) is 24.3 Å². The molecule has 0 unspecified atom stereocenters. The van der Waals surface area contributed by atoms with Gasteiger partial charge < -0.3 is 20.1 Å². The number of ether oxygens (including phenoxy) is 2. The number of anilines is 1. The van der Waals surface area contributed by atoms with Crippen LogP contribution in [0.5, 0.6) is 11.5 Å². The number of aryl methyl sites for hydroxylation is 1. The van der Waals surface area contributed by atoms with Crippen LogP contribution in [-0.2, 0) is 6.54 Å². The molecule has 29 heavy (non-hydrogen) atoms. The Morgan fingerprint density at radius 2 is 1.66 bits per heavy atom. The summed E-state index contributed by atoms with van der Waals surface area (Å²) >= 11 is 1.32. The quantitative estimate of drug-likeness (QED) is 0.610. The Labute approximate surface area is 173 Å². The van der Waals surface area contributed by atoms with Gasteiger partial charge in [0.1, 0.15) is 0 Å². The molecule has 0 aliphatic heterocycles. The first kappa shape index (κ1) is 20.4. The zero-order valence-electron chi connectivity index (χ0n) is 16.4. The van der Waals surface area contributed by atoms with E-state index in [2.05, 4.69) is 10.6 Å². The number of rotatable bonds is 7. The maximum atomic E-state index is 12.9. The lowest BCUT2D eigenvalue weighted by Crippen LogP contribution is -2.25. The van der Waals surface area contributed by atoms with Gasteiger partial charge in [-0.3, -0.25) is 9.59 Å². The lowest BCUT2D eigenvalue weighted by atomic mass is 10.1. The fourth-order valence-corrected chi connectivity index (χ4v) is 3.36. The van der Waals surface area contributed by atoms with E-state index >= 15 is 0 Å². The molecule has 0 bridgehead atoms. The highest BCUT2D eigenvalue weighted by Gasteiger charge is 2.19. The maximum Gasteiger partial charge on any atom is 0.265 e. The molecule has 2 aromatic carbocycles. The molecule has 0 spiro atoms. The van der Waals surface area contributed by atoms with E-state index in [1.807, 2.05) is 36.6 Å². The van der Waals surface area contributed by atoms with Gasteiger partial charge in [-0.15, -0.1) is 11.3 Å². The molecule has 2 N–H and O–H groups in total. The Kier molecular flexibility index (Phi) is 6.51. The number of methoxy groups -OCH3 is 2. The minimum absolute atomic E-state index is 0.291. The number of amides is 2. The number of benzene rings is 2. The third-order valence-electron chi connectivity index (χ3n) is 4.34. The van der Waals surface area contributed by atoms with Crippen LogP contribution in [0, 0.1) is 6.92 Å². The van der Waals surface area contributed by atoms with E-state index in [9.17, 15) is 9.59 Å². The third kappa shape index (κ3) is 4.94. The number of hydrogen-bond donors (Lipinski definition) is 2. The van der Waals surface area contributed by atoms with Crippen LogP contribution in [0.1, 0.15) is 31.2 Å². The summed E-state index contributed by atoms with van der Waals surface area (Å²) in [6, 6.07) is 14.6. The lowest BCUT2D eigenvalue weighted by Gasteiger charge is -2.15. The molecule has 0 fully saturated rings. The highest BCUT2D eigenvalue weighted by molar-refractivity contribution is 7.12. The molecule has 1 aromatic heterocycles. The third-order valence-corrected chi connectivity index (χ3v) is 5.20. The van der Waals surface area contributed by atoms with Gasteiger partial charge in [0.25, 0.3) is 11.8 Å². The number of carbonyl (C=O) groups is 2. The second kappa shape index (κ2) is 9.25. The van der Waals surface area contributed by atoms with Gasteiger partial charge in [0.05, 0.1) is 30.3 Å². The molecule has 2 amide bonds. The van der Waals surface area contributed by atoms with Gasteiger partial charge in [0, 0.05) is 12.6 Å². The first-order valence-electron chi connectivity index (χ1n) is 8.96. The second-order valence-electron chi connectivity index (χ2n) is 6.35. The van der Waals surface area contributed by atoms with Crippen LogP contribution >= 0.6 is 11.3 Å². The summed E-state index contributed by atoms with van der Waals surface area (Å²) in [5, 5.41) is 7.51.